The SMILES string of the molecule is CCCC=CC(OC(C)=O)OC(C)=O. The molecule has 0 atom stereocenters. The van der Waals surface area contributed by atoms with Crippen molar-refractivity contribution in [1.29, 1.82) is 0 Å². The second kappa shape index (κ2) is 7.12. The Morgan fingerprint density at radius 3 is 2.07 bits per heavy atom. The third-order valence-corrected chi connectivity index (χ3v) is 1.31. The first-order chi connectivity index (χ1) is 6.56. The molecule has 0 aromatic heterocycles. The maximum atomic E-state index is 10.6. The Balaban J connectivity index is 4.09. The molecule has 14 heavy (non-hydrogen) atoms. The Bertz CT molecular complexity index is 204. The van der Waals surface area contributed by atoms with Gasteiger partial charge in [-0.3, -0.25) is 9.59 Å². The van der Waals surface area contributed by atoms with Gasteiger partial charge in [-0.05, 0) is 12.5 Å². The Labute approximate surface area is 83.9 Å². The number of ether oxygens (including phenoxy) is 2. The zero-order chi connectivity index (χ0) is 11.0. The second-order valence-electron chi connectivity index (χ2n) is 2.80. The number of carbonyl (C=O) groups is 2. The summed E-state index contributed by atoms with van der Waals surface area (Å²) in [6.45, 7) is 4.56. The molecule has 0 aliphatic carbocycles. The summed E-state index contributed by atoms with van der Waals surface area (Å²) in [6.07, 6.45) is 4.34. The van der Waals surface area contributed by atoms with Crippen LogP contribution in [0, 0.1) is 0 Å². The average molecular weight is 200 g/mol. The van der Waals surface area contributed by atoms with Crippen LogP contribution in [0.1, 0.15) is 33.6 Å². The van der Waals surface area contributed by atoms with E-state index in [-0.39, 0.29) is 0 Å². The Kier molecular flexibility index (Phi) is 6.45. The van der Waals surface area contributed by atoms with Gasteiger partial charge in [0.05, 0.1) is 0 Å². The highest BCUT2D eigenvalue weighted by molar-refractivity contribution is 5.68. The molecule has 0 heterocycles. The minimum absolute atomic E-state index is 0.475. The molecule has 4 nitrogen and oxygen atoms in total. The number of hydrogen-bond donors (Lipinski definition) is 0. The fourth-order valence-electron chi connectivity index (χ4n) is 0.804. The first-order valence-electron chi connectivity index (χ1n) is 4.57. The van der Waals surface area contributed by atoms with E-state index in [9.17, 15) is 9.59 Å². The lowest BCUT2D eigenvalue weighted by Gasteiger charge is -2.12. The molecule has 0 aliphatic rings. The van der Waals surface area contributed by atoms with E-state index in [0.29, 0.717) is 0 Å². The smallest absolute Gasteiger partial charge is 0.305 e. The number of unbranched alkanes of at least 4 members (excludes halogenated alkanes) is 1. The van der Waals surface area contributed by atoms with Gasteiger partial charge >= 0.3 is 11.9 Å². The Morgan fingerprint density at radius 2 is 1.71 bits per heavy atom. The minimum Gasteiger partial charge on any atom is -0.421 e. The van der Waals surface area contributed by atoms with Crippen molar-refractivity contribution >= 4 is 11.9 Å². The molecule has 0 rings (SSSR count). The number of carbonyl (C=O) groups excluding carboxylic acids is 2. The standard InChI is InChI=1S/C10H16O4/c1-4-5-6-7-10(13-8(2)11)14-9(3)12/h6-7,10H,4-5H2,1-3H3. The molecular weight excluding hydrogens is 184 g/mol. The number of allylic oxidation sites excluding steroid dienone is 1. The maximum absolute atomic E-state index is 10.6. The normalized spacial score (nSPS) is 10.6. The van der Waals surface area contributed by atoms with Crippen molar-refractivity contribution in [3.8, 4) is 0 Å². The number of esters is 2. The van der Waals surface area contributed by atoms with Gasteiger partial charge in [0.15, 0.2) is 0 Å². The highest BCUT2D eigenvalue weighted by Gasteiger charge is 2.10. The predicted molar refractivity (Wildman–Crippen MR) is 51.4 cm³/mol. The number of rotatable bonds is 5. The summed E-state index contributed by atoms with van der Waals surface area (Å²) >= 11 is 0. The van der Waals surface area contributed by atoms with Gasteiger partial charge < -0.3 is 9.47 Å². The molecule has 0 aromatic carbocycles. The van der Waals surface area contributed by atoms with Crippen molar-refractivity contribution in [2.24, 2.45) is 0 Å². The van der Waals surface area contributed by atoms with Crippen molar-refractivity contribution in [2.75, 3.05) is 0 Å². The van der Waals surface area contributed by atoms with Crippen LogP contribution in [0.15, 0.2) is 12.2 Å². The first-order valence-corrected chi connectivity index (χ1v) is 4.57. The highest BCUT2D eigenvalue weighted by atomic mass is 16.7. The van der Waals surface area contributed by atoms with Crippen LogP contribution in [0.4, 0.5) is 0 Å². The summed E-state index contributed by atoms with van der Waals surface area (Å²) in [7, 11) is 0. The quantitative estimate of drug-likeness (QED) is 0.385. The van der Waals surface area contributed by atoms with E-state index in [1.165, 1.54) is 13.8 Å². The fourth-order valence-corrected chi connectivity index (χ4v) is 0.804. The lowest BCUT2D eigenvalue weighted by Crippen LogP contribution is -2.20. The fraction of sp³-hybridized carbons (Fsp3) is 0.600. The molecule has 0 bridgehead atoms. The van der Waals surface area contributed by atoms with Crippen LogP contribution in [0.5, 0.6) is 0 Å². The summed E-state index contributed by atoms with van der Waals surface area (Å²) in [5.74, 6) is -0.949. The lowest BCUT2D eigenvalue weighted by molar-refractivity contribution is -0.176. The monoisotopic (exact) mass is 200 g/mol. The van der Waals surface area contributed by atoms with Crippen LogP contribution in [0.25, 0.3) is 0 Å². The van der Waals surface area contributed by atoms with Crippen LogP contribution in [-0.4, -0.2) is 18.2 Å². The van der Waals surface area contributed by atoms with Gasteiger partial charge in [0.1, 0.15) is 0 Å². The molecule has 0 radical (unpaired) electrons. The van der Waals surface area contributed by atoms with E-state index in [2.05, 4.69) is 0 Å². The molecule has 0 saturated carbocycles. The Morgan fingerprint density at radius 1 is 1.21 bits per heavy atom. The van der Waals surface area contributed by atoms with Crippen LogP contribution >= 0.6 is 0 Å². The predicted octanol–water partition coefficient (Wildman–Crippen LogP) is 1.79. The number of hydrogen-bond acceptors (Lipinski definition) is 4. The van der Waals surface area contributed by atoms with Crippen molar-refractivity contribution in [3.63, 3.8) is 0 Å². The summed E-state index contributed by atoms with van der Waals surface area (Å²) in [4.78, 5) is 21.2. The molecule has 0 saturated heterocycles. The van der Waals surface area contributed by atoms with Crippen LogP contribution < -0.4 is 0 Å². The average Bonchev–Trinajstić information content (AvgIpc) is 2.02. The van der Waals surface area contributed by atoms with E-state index in [1.807, 2.05) is 13.0 Å². The first kappa shape index (κ1) is 12.7. The minimum atomic E-state index is -0.892. The maximum Gasteiger partial charge on any atom is 0.305 e. The molecule has 4 heteroatoms. The molecule has 0 N–H and O–H groups in total. The zero-order valence-corrected chi connectivity index (χ0v) is 8.78. The van der Waals surface area contributed by atoms with Gasteiger partial charge in [-0.2, -0.15) is 0 Å². The molecule has 80 valence electrons. The van der Waals surface area contributed by atoms with E-state index in [4.69, 9.17) is 9.47 Å². The third kappa shape index (κ3) is 7.34. The van der Waals surface area contributed by atoms with Crippen LogP contribution in [0.3, 0.4) is 0 Å². The van der Waals surface area contributed by atoms with Crippen molar-refractivity contribution < 1.29 is 19.1 Å². The second-order valence-corrected chi connectivity index (χ2v) is 2.80. The van der Waals surface area contributed by atoms with Gasteiger partial charge in [0.25, 0.3) is 6.29 Å². The molecule has 0 fully saturated rings. The van der Waals surface area contributed by atoms with Gasteiger partial charge in [0.2, 0.25) is 0 Å². The van der Waals surface area contributed by atoms with Gasteiger partial charge in [0, 0.05) is 13.8 Å². The van der Waals surface area contributed by atoms with Crippen molar-refractivity contribution in [2.45, 2.75) is 39.9 Å². The van der Waals surface area contributed by atoms with Gasteiger partial charge in [-0.15, -0.1) is 0 Å². The van der Waals surface area contributed by atoms with Crippen LogP contribution in [-0.2, 0) is 19.1 Å². The molecular formula is C10H16O4. The summed E-state index contributed by atoms with van der Waals surface area (Å²) in [6, 6.07) is 0. The molecule has 0 unspecified atom stereocenters. The summed E-state index contributed by atoms with van der Waals surface area (Å²) in [5.41, 5.74) is 0. The van der Waals surface area contributed by atoms with E-state index in [1.54, 1.807) is 6.08 Å². The van der Waals surface area contributed by atoms with Crippen LogP contribution in [0.2, 0.25) is 0 Å². The molecule has 0 aliphatic heterocycles. The van der Waals surface area contributed by atoms with Crippen molar-refractivity contribution in [1.82, 2.24) is 0 Å². The highest BCUT2D eigenvalue weighted by Crippen LogP contribution is 2.00. The van der Waals surface area contributed by atoms with E-state index < -0.39 is 18.2 Å². The Hall–Kier alpha value is -1.32. The zero-order valence-electron chi connectivity index (χ0n) is 8.78. The van der Waals surface area contributed by atoms with E-state index in [0.717, 1.165) is 12.8 Å². The van der Waals surface area contributed by atoms with Gasteiger partial charge in [-0.25, -0.2) is 0 Å². The molecule has 0 spiro atoms. The largest absolute Gasteiger partial charge is 0.421 e. The third-order valence-electron chi connectivity index (χ3n) is 1.31. The van der Waals surface area contributed by atoms with Gasteiger partial charge in [-0.1, -0.05) is 19.4 Å². The summed E-state index contributed by atoms with van der Waals surface area (Å²) in [5, 5.41) is 0. The van der Waals surface area contributed by atoms with Crippen molar-refractivity contribution in [3.05, 3.63) is 12.2 Å². The van der Waals surface area contributed by atoms with E-state index >= 15 is 0 Å². The molecule has 0 amide bonds. The molecule has 0 aromatic rings. The topological polar surface area (TPSA) is 52.6 Å². The summed E-state index contributed by atoms with van der Waals surface area (Å²) < 4.78 is 9.48. The lowest BCUT2D eigenvalue weighted by atomic mass is 10.3.